The molecule has 4 aromatic rings. The first-order valence-corrected chi connectivity index (χ1v) is 16.0. The number of hydrogen-bond acceptors (Lipinski definition) is 17. The number of rotatable bonds is 2. The van der Waals surface area contributed by atoms with E-state index >= 15 is 0 Å². The molecule has 4 aromatic heterocycles. The third kappa shape index (κ3) is 5.04. The normalized spacial score (nSPS) is 37.7. The number of phosphoric acid groups is 2. The van der Waals surface area contributed by atoms with Crippen LogP contribution in [0.3, 0.4) is 0 Å². The van der Waals surface area contributed by atoms with E-state index in [0.29, 0.717) is 5.52 Å². The Hall–Kier alpha value is -3.37. The molecule has 2 bridgehead atoms. The van der Waals surface area contributed by atoms with Crippen molar-refractivity contribution >= 4 is 49.6 Å². The molecule has 22 nitrogen and oxygen atoms in total. The number of nitrogens with two attached hydrogens (primary N) is 2. The molecule has 3 saturated heterocycles. The molecule has 0 radical (unpaired) electrons. The van der Waals surface area contributed by atoms with Crippen LogP contribution >= 0.6 is 15.6 Å². The summed E-state index contributed by atoms with van der Waals surface area (Å²) in [4.78, 5) is 52.2. The first-order chi connectivity index (χ1) is 21.3. The standard InChI is InChI=1S/C21H25N9O13P2/c22-16-11-8(1-2-24-16)29(6-25-11)19-13(31)14-9(41-19)3-40-45(36,37)43-21(5-38-10(15(21)32)4-39-44(34,35)42-14)30-7-26-12-17(30)27-20(23)28-18(12)33/h1-2,6-7,9-10,13-15,19,31-32H,3-5H2,(H2,22,24)(H,34,35)(H,36,37)(H3,23,27,28,33)/t9?,10-,13-,14-,15-,19-,21-/m1/s1. The number of imidazole rings is 2. The summed E-state index contributed by atoms with van der Waals surface area (Å²) in [6.07, 6.45) is -5.86. The number of phosphoric ester groups is 2. The van der Waals surface area contributed by atoms with Gasteiger partial charge in [-0.1, -0.05) is 0 Å². The van der Waals surface area contributed by atoms with Crippen LogP contribution < -0.4 is 17.0 Å². The van der Waals surface area contributed by atoms with Crippen molar-refractivity contribution in [1.82, 2.24) is 34.1 Å². The Bertz CT molecular complexity index is 1950. The minimum atomic E-state index is -5.24. The second kappa shape index (κ2) is 10.6. The van der Waals surface area contributed by atoms with Gasteiger partial charge < -0.3 is 45.5 Å². The van der Waals surface area contributed by atoms with Crippen molar-refractivity contribution in [3.8, 4) is 0 Å². The Labute approximate surface area is 249 Å². The molecule has 0 aliphatic carbocycles. The van der Waals surface area contributed by atoms with Gasteiger partial charge in [-0.25, -0.2) is 24.1 Å². The van der Waals surface area contributed by atoms with Crippen LogP contribution in [0, 0.1) is 0 Å². The molecule has 0 aromatic carbocycles. The molecule has 0 amide bonds. The number of aliphatic hydroxyl groups excluding tert-OH is 2. The van der Waals surface area contributed by atoms with Gasteiger partial charge in [-0.15, -0.1) is 0 Å². The van der Waals surface area contributed by atoms with Gasteiger partial charge in [-0.05, 0) is 6.07 Å². The molecule has 3 aliphatic heterocycles. The summed E-state index contributed by atoms with van der Waals surface area (Å²) in [5.41, 5.74) is 8.60. The molecule has 3 fully saturated rings. The molecule has 24 heteroatoms. The number of aromatic amines is 1. The number of aromatic nitrogens is 7. The highest BCUT2D eigenvalue weighted by molar-refractivity contribution is 7.47. The lowest BCUT2D eigenvalue weighted by Crippen LogP contribution is -2.48. The van der Waals surface area contributed by atoms with Gasteiger partial charge in [0.2, 0.25) is 11.7 Å². The summed E-state index contributed by atoms with van der Waals surface area (Å²) in [7, 11) is -10.3. The number of nitrogen functional groups attached to an aromatic ring is 2. The fourth-order valence-corrected chi connectivity index (χ4v) is 7.52. The SMILES string of the molecule is Nc1nc2c(ncn2[C@]23CO[C@H](COP(=O)(O)O[C@@H]4C(COP(=O)(O)O2)O[C@@H](n2cnc5c(N)nccc52)[C@@H]4O)[C@H]3O)c(=O)[nH]1. The minimum Gasteiger partial charge on any atom is -0.386 e. The molecular formula is C21H25N9O13P2. The van der Waals surface area contributed by atoms with Gasteiger partial charge in [-0.2, -0.15) is 4.98 Å². The fourth-order valence-electron chi connectivity index (χ4n) is 5.52. The topological polar surface area (TPSA) is 317 Å². The van der Waals surface area contributed by atoms with E-state index < -0.39 is 83.5 Å². The van der Waals surface area contributed by atoms with Crippen LogP contribution in [0.15, 0.2) is 29.7 Å². The van der Waals surface area contributed by atoms with Crippen molar-refractivity contribution in [1.29, 1.82) is 0 Å². The Morgan fingerprint density at radius 1 is 1.02 bits per heavy atom. The van der Waals surface area contributed by atoms with Crippen LogP contribution in [0.5, 0.6) is 0 Å². The van der Waals surface area contributed by atoms with Gasteiger partial charge in [0.15, 0.2) is 23.2 Å². The van der Waals surface area contributed by atoms with Gasteiger partial charge in [0.1, 0.15) is 36.0 Å². The molecular weight excluding hydrogens is 648 g/mol. The quantitative estimate of drug-likeness (QED) is 0.114. The Kier molecular flexibility index (Phi) is 7.13. The van der Waals surface area contributed by atoms with E-state index in [9.17, 15) is 33.9 Å². The van der Waals surface area contributed by atoms with Crippen molar-refractivity contribution in [3.05, 3.63) is 35.3 Å². The van der Waals surface area contributed by atoms with Gasteiger partial charge in [0.05, 0.1) is 38.0 Å². The molecule has 242 valence electrons. The van der Waals surface area contributed by atoms with E-state index in [2.05, 4.69) is 24.9 Å². The number of hydrogen-bond donors (Lipinski definition) is 7. The zero-order valence-electron chi connectivity index (χ0n) is 22.6. The zero-order valence-corrected chi connectivity index (χ0v) is 24.4. The maximum atomic E-state index is 13.4. The van der Waals surface area contributed by atoms with E-state index in [1.807, 2.05) is 0 Å². The lowest BCUT2D eigenvalue weighted by molar-refractivity contribution is -0.109. The van der Waals surface area contributed by atoms with Gasteiger partial charge in [-0.3, -0.25) is 32.4 Å². The predicted octanol–water partition coefficient (Wildman–Crippen LogP) is -1.95. The molecule has 7 rings (SSSR count). The average molecular weight is 673 g/mol. The number of fused-ring (bicyclic) bond motifs is 5. The van der Waals surface area contributed by atoms with Crippen LogP contribution in [0.25, 0.3) is 22.2 Å². The summed E-state index contributed by atoms with van der Waals surface area (Å²) in [5.74, 6) is -0.249. The number of ether oxygens (including phenoxy) is 2. The van der Waals surface area contributed by atoms with Crippen molar-refractivity contribution in [2.45, 2.75) is 42.5 Å². The van der Waals surface area contributed by atoms with Crippen LogP contribution in [0.4, 0.5) is 11.8 Å². The second-order valence-corrected chi connectivity index (χ2v) is 13.1. The summed E-state index contributed by atoms with van der Waals surface area (Å²) in [5, 5.41) is 22.5. The number of anilines is 2. The van der Waals surface area contributed by atoms with E-state index in [1.165, 1.54) is 23.2 Å². The van der Waals surface area contributed by atoms with Gasteiger partial charge in [0.25, 0.3) is 5.56 Å². The number of H-pyrrole nitrogens is 1. The van der Waals surface area contributed by atoms with E-state index in [-0.39, 0.29) is 28.4 Å². The van der Waals surface area contributed by atoms with E-state index in [0.717, 1.165) is 10.9 Å². The van der Waals surface area contributed by atoms with Crippen LogP contribution in [-0.2, 0) is 42.4 Å². The first kappa shape index (κ1) is 30.3. The summed E-state index contributed by atoms with van der Waals surface area (Å²) in [6.45, 7) is -2.34. The number of nitrogens with zero attached hydrogens (tertiary/aromatic N) is 6. The van der Waals surface area contributed by atoms with E-state index in [1.54, 1.807) is 0 Å². The molecule has 3 unspecified atom stereocenters. The third-order valence-electron chi connectivity index (χ3n) is 7.59. The van der Waals surface area contributed by atoms with Gasteiger partial charge in [0, 0.05) is 6.20 Å². The van der Waals surface area contributed by atoms with E-state index in [4.69, 9.17) is 39.0 Å². The molecule has 0 saturated carbocycles. The lowest BCUT2D eigenvalue weighted by Gasteiger charge is -2.34. The summed E-state index contributed by atoms with van der Waals surface area (Å²) < 4.78 is 61.4. The third-order valence-corrected chi connectivity index (χ3v) is 9.60. The predicted molar refractivity (Wildman–Crippen MR) is 146 cm³/mol. The summed E-state index contributed by atoms with van der Waals surface area (Å²) >= 11 is 0. The smallest absolute Gasteiger partial charge is 0.386 e. The second-order valence-electron chi connectivity index (χ2n) is 10.3. The molecule has 9 atom stereocenters. The van der Waals surface area contributed by atoms with Crippen molar-refractivity contribution < 1.29 is 56.7 Å². The largest absolute Gasteiger partial charge is 0.474 e. The molecule has 7 heterocycles. The van der Waals surface area contributed by atoms with Gasteiger partial charge >= 0.3 is 15.6 Å². The monoisotopic (exact) mass is 673 g/mol. The van der Waals surface area contributed by atoms with Crippen LogP contribution in [0.2, 0.25) is 0 Å². The average Bonchev–Trinajstić information content (AvgIpc) is 3.73. The highest BCUT2D eigenvalue weighted by Gasteiger charge is 2.58. The fraction of sp³-hybridized carbons (Fsp3) is 0.476. The molecule has 9 N–H and O–H groups in total. The molecule has 3 aliphatic rings. The lowest BCUT2D eigenvalue weighted by atomic mass is 10.1. The maximum Gasteiger partial charge on any atom is 0.474 e. The number of aliphatic hydroxyl groups is 2. The summed E-state index contributed by atoms with van der Waals surface area (Å²) in [6, 6.07) is 1.53. The maximum absolute atomic E-state index is 13.4. The van der Waals surface area contributed by atoms with Crippen molar-refractivity contribution in [3.63, 3.8) is 0 Å². The van der Waals surface area contributed by atoms with Crippen molar-refractivity contribution in [2.24, 2.45) is 0 Å². The first-order valence-electron chi connectivity index (χ1n) is 13.1. The Morgan fingerprint density at radius 3 is 2.56 bits per heavy atom. The Balaban J connectivity index is 1.26. The minimum absolute atomic E-state index is 0.0913. The molecule has 0 spiro atoms. The van der Waals surface area contributed by atoms with Crippen LogP contribution in [0.1, 0.15) is 6.23 Å². The number of pyridine rings is 1. The molecule has 45 heavy (non-hydrogen) atoms. The van der Waals surface area contributed by atoms with Crippen LogP contribution in [-0.4, -0.2) is 104 Å². The van der Waals surface area contributed by atoms with Crippen molar-refractivity contribution in [2.75, 3.05) is 31.3 Å². The highest BCUT2D eigenvalue weighted by Crippen LogP contribution is 2.55. The highest BCUT2D eigenvalue weighted by atomic mass is 31.2. The number of nitrogens with one attached hydrogen (secondary N) is 1. The zero-order chi connectivity index (χ0) is 31.9. The Morgan fingerprint density at radius 2 is 1.76 bits per heavy atom.